The molecule has 5 aliphatic carbocycles. The molecule has 1 aromatic carbocycles. The van der Waals surface area contributed by atoms with E-state index in [0.717, 1.165) is 62.5 Å². The van der Waals surface area contributed by atoms with Crippen molar-refractivity contribution in [1.29, 1.82) is 0 Å². The zero-order chi connectivity index (χ0) is 40.5. The van der Waals surface area contributed by atoms with Crippen LogP contribution in [0.15, 0.2) is 41.5 Å². The van der Waals surface area contributed by atoms with Gasteiger partial charge in [-0.3, -0.25) is 24.0 Å². The standard InChI is InChI=1S/C46H66N2O7/c1-28(2)36-31(49)25-46(23-24-48(39(52)38(47)51)27-29-13-11-10-12-14-29)22-21-44(8)30(37(36)46)15-16-33-43(7)19-18-34(55-35(50)26-41(3,4)40(53)54)42(5,6)32(43)17-20-45(33,44)9/h10-14,28,30,32-34H,15-27H2,1-9H3,(H2,47,51)(H,53,54)/t30-,32-,33-,34+,43+,44-,45-,46-/m1/s1. The van der Waals surface area contributed by atoms with Gasteiger partial charge >= 0.3 is 23.8 Å². The Morgan fingerprint density at radius 3 is 2.20 bits per heavy atom. The molecule has 0 radical (unpaired) electrons. The summed E-state index contributed by atoms with van der Waals surface area (Å²) < 4.78 is 6.17. The molecule has 0 bridgehead atoms. The number of carboxylic acids is 1. The Kier molecular flexibility index (Phi) is 10.6. The Morgan fingerprint density at radius 2 is 1.58 bits per heavy atom. The van der Waals surface area contributed by atoms with Crippen LogP contribution >= 0.6 is 0 Å². The van der Waals surface area contributed by atoms with Crippen molar-refractivity contribution in [3.05, 3.63) is 47.0 Å². The van der Waals surface area contributed by atoms with Gasteiger partial charge in [0.15, 0.2) is 5.78 Å². The Morgan fingerprint density at radius 1 is 0.909 bits per heavy atom. The fraction of sp³-hybridized carbons (Fsp3) is 0.717. The molecule has 3 N–H and O–H groups in total. The monoisotopic (exact) mass is 758 g/mol. The maximum absolute atomic E-state index is 14.2. The first-order valence-electron chi connectivity index (χ1n) is 20.9. The molecule has 0 aliphatic heterocycles. The lowest BCUT2D eigenvalue weighted by atomic mass is 9.33. The van der Waals surface area contributed by atoms with E-state index in [4.69, 9.17) is 10.5 Å². The van der Waals surface area contributed by atoms with Gasteiger partial charge in [0.25, 0.3) is 0 Å². The van der Waals surface area contributed by atoms with Crippen molar-refractivity contribution in [2.45, 2.75) is 146 Å². The average molecular weight is 759 g/mol. The number of carbonyl (C=O) groups is 5. The minimum absolute atomic E-state index is 0.0282. The molecule has 0 saturated heterocycles. The SMILES string of the molecule is CC(C)C1=C2[C@H]3CC[C@@H]4[C@@]5(C)CC[C@H](OC(=O)CC(C)(C)C(=O)O)C(C)(C)[C@H]5CC[C@@]4(C)[C@]3(C)CC[C@@]2(CCN(Cc2ccccc2)C(=O)C(N)=O)CC1=O. The number of Topliss-reactive ketones (excluding diaryl/α,β-unsaturated/α-hetero) is 1. The molecule has 4 fully saturated rings. The van der Waals surface area contributed by atoms with Gasteiger partial charge in [0.05, 0.1) is 11.8 Å². The van der Waals surface area contributed by atoms with Gasteiger partial charge in [0, 0.05) is 30.3 Å². The second-order valence-electron chi connectivity index (χ2n) is 20.5. The average Bonchev–Trinajstić information content (AvgIpc) is 3.40. The molecule has 0 heterocycles. The lowest BCUT2D eigenvalue weighted by molar-refractivity contribution is -0.233. The van der Waals surface area contributed by atoms with Gasteiger partial charge < -0.3 is 20.5 Å². The Balaban J connectivity index is 1.28. The van der Waals surface area contributed by atoms with Crippen molar-refractivity contribution >= 4 is 29.5 Å². The zero-order valence-corrected chi connectivity index (χ0v) is 34.9. The molecule has 5 aliphatic rings. The molecule has 0 aromatic heterocycles. The Bertz CT molecular complexity index is 1760. The van der Waals surface area contributed by atoms with Crippen LogP contribution in [0.3, 0.4) is 0 Å². The third kappa shape index (κ3) is 6.67. The number of nitrogens with two attached hydrogens (primary N) is 1. The number of amides is 2. The van der Waals surface area contributed by atoms with Crippen molar-refractivity contribution in [2.75, 3.05) is 6.54 Å². The van der Waals surface area contributed by atoms with E-state index in [2.05, 4.69) is 48.5 Å². The van der Waals surface area contributed by atoms with Gasteiger partial charge in [-0.2, -0.15) is 0 Å². The fourth-order valence-electron chi connectivity index (χ4n) is 13.4. The first-order chi connectivity index (χ1) is 25.5. The number of nitrogens with zero attached hydrogens (tertiary/aromatic N) is 1. The number of ketones is 1. The van der Waals surface area contributed by atoms with Crippen LogP contribution in [0.1, 0.15) is 139 Å². The summed E-state index contributed by atoms with van der Waals surface area (Å²) in [4.78, 5) is 66.0. The molecule has 8 atom stereocenters. The van der Waals surface area contributed by atoms with Crippen LogP contribution in [0.2, 0.25) is 0 Å². The first kappa shape index (κ1) is 41.2. The van der Waals surface area contributed by atoms with E-state index >= 15 is 0 Å². The van der Waals surface area contributed by atoms with Gasteiger partial charge in [-0.25, -0.2) is 0 Å². The largest absolute Gasteiger partial charge is 0.481 e. The Hall–Kier alpha value is -3.49. The minimum atomic E-state index is -1.18. The normalized spacial score (nSPS) is 35.3. The number of benzene rings is 1. The van der Waals surface area contributed by atoms with Crippen LogP contribution in [0.4, 0.5) is 0 Å². The highest BCUT2D eigenvalue weighted by Gasteiger charge is 2.70. The summed E-state index contributed by atoms with van der Waals surface area (Å²) in [5, 5.41) is 9.62. The number of primary amides is 1. The predicted octanol–water partition coefficient (Wildman–Crippen LogP) is 8.28. The maximum atomic E-state index is 14.2. The van der Waals surface area contributed by atoms with Gasteiger partial charge in [0.1, 0.15) is 6.10 Å². The summed E-state index contributed by atoms with van der Waals surface area (Å²) in [5.41, 5.74) is 7.09. The first-order valence-corrected chi connectivity index (χ1v) is 20.9. The molecule has 1 aromatic rings. The van der Waals surface area contributed by atoms with Gasteiger partial charge in [-0.05, 0) is 123 Å². The van der Waals surface area contributed by atoms with Crippen LogP contribution in [-0.2, 0) is 35.3 Å². The highest BCUT2D eigenvalue weighted by molar-refractivity contribution is 6.34. The third-order valence-electron chi connectivity index (χ3n) is 16.5. The highest BCUT2D eigenvalue weighted by atomic mass is 16.5. The number of allylic oxidation sites excluding steroid dienone is 2. The molecule has 2 amide bonds. The van der Waals surface area contributed by atoms with E-state index in [9.17, 15) is 29.1 Å². The maximum Gasteiger partial charge on any atom is 0.311 e. The van der Waals surface area contributed by atoms with Crippen molar-refractivity contribution in [2.24, 2.45) is 61.9 Å². The summed E-state index contributed by atoms with van der Waals surface area (Å²) in [6, 6.07) is 9.67. The van der Waals surface area contributed by atoms with Crippen LogP contribution in [-0.4, -0.2) is 52.2 Å². The van der Waals surface area contributed by atoms with E-state index in [0.29, 0.717) is 37.8 Å². The molecule has 6 rings (SSSR count). The fourth-order valence-corrected chi connectivity index (χ4v) is 13.4. The summed E-state index contributed by atoms with van der Waals surface area (Å²) in [6.45, 7) is 20.2. The van der Waals surface area contributed by atoms with Crippen LogP contribution in [0, 0.1) is 56.2 Å². The molecule has 302 valence electrons. The van der Waals surface area contributed by atoms with E-state index in [-0.39, 0.29) is 57.2 Å². The van der Waals surface area contributed by atoms with E-state index in [1.54, 1.807) is 18.7 Å². The number of carboxylic acid groups (broad SMARTS) is 1. The van der Waals surface area contributed by atoms with Crippen molar-refractivity contribution in [1.82, 2.24) is 4.90 Å². The number of fused-ring (bicyclic) bond motifs is 7. The molecule has 9 heteroatoms. The topological polar surface area (TPSA) is 144 Å². The Labute approximate surface area is 328 Å². The molecular formula is C46H66N2O7. The van der Waals surface area contributed by atoms with Crippen LogP contribution in [0.25, 0.3) is 0 Å². The number of aliphatic carboxylic acids is 1. The number of esters is 1. The molecule has 0 spiro atoms. The molecule has 4 saturated carbocycles. The summed E-state index contributed by atoms with van der Waals surface area (Å²) in [7, 11) is 0. The van der Waals surface area contributed by atoms with Crippen molar-refractivity contribution in [3.63, 3.8) is 0 Å². The lowest BCUT2D eigenvalue weighted by Crippen LogP contribution is -2.65. The number of hydrogen-bond acceptors (Lipinski definition) is 6. The molecule has 9 nitrogen and oxygen atoms in total. The number of carbonyl (C=O) groups excluding carboxylic acids is 4. The smallest absolute Gasteiger partial charge is 0.311 e. The van der Waals surface area contributed by atoms with Gasteiger partial charge in [-0.15, -0.1) is 0 Å². The quantitative estimate of drug-likeness (QED) is 0.181. The van der Waals surface area contributed by atoms with Gasteiger partial charge in [0.2, 0.25) is 0 Å². The summed E-state index contributed by atoms with van der Waals surface area (Å²) in [6.07, 6.45) is 8.42. The minimum Gasteiger partial charge on any atom is -0.481 e. The van der Waals surface area contributed by atoms with Crippen molar-refractivity contribution in [3.8, 4) is 0 Å². The van der Waals surface area contributed by atoms with Crippen molar-refractivity contribution < 1.29 is 33.8 Å². The lowest BCUT2D eigenvalue weighted by Gasteiger charge is -2.72. The molecular weight excluding hydrogens is 693 g/mol. The van der Waals surface area contributed by atoms with Crippen LogP contribution < -0.4 is 5.73 Å². The highest BCUT2D eigenvalue weighted by Crippen LogP contribution is 2.77. The third-order valence-corrected chi connectivity index (χ3v) is 16.5. The van der Waals surface area contributed by atoms with E-state index in [1.165, 1.54) is 5.57 Å². The number of ether oxygens (including phenoxy) is 1. The van der Waals surface area contributed by atoms with Gasteiger partial charge in [-0.1, -0.05) is 84.4 Å². The number of rotatable bonds is 10. The van der Waals surface area contributed by atoms with Crippen LogP contribution in [0.5, 0.6) is 0 Å². The summed E-state index contributed by atoms with van der Waals surface area (Å²) >= 11 is 0. The molecule has 55 heavy (non-hydrogen) atoms. The second kappa shape index (κ2) is 14.2. The number of hydrogen-bond donors (Lipinski definition) is 2. The second-order valence-corrected chi connectivity index (χ2v) is 20.5. The predicted molar refractivity (Wildman–Crippen MR) is 211 cm³/mol. The molecule has 0 unspecified atom stereocenters. The van der Waals surface area contributed by atoms with E-state index in [1.807, 2.05) is 30.3 Å². The zero-order valence-electron chi connectivity index (χ0n) is 34.9. The van der Waals surface area contributed by atoms with E-state index < -0.39 is 29.2 Å². The summed E-state index contributed by atoms with van der Waals surface area (Å²) in [5.74, 6) is -1.68.